The van der Waals surface area contributed by atoms with Crippen molar-refractivity contribution < 1.29 is 14.3 Å². The van der Waals surface area contributed by atoms with E-state index in [4.69, 9.17) is 21.1 Å². The van der Waals surface area contributed by atoms with Gasteiger partial charge < -0.3 is 19.4 Å². The molecule has 1 atom stereocenters. The minimum Gasteiger partial charge on any atom is -0.497 e. The minimum absolute atomic E-state index is 0.129. The molecule has 0 aliphatic heterocycles. The van der Waals surface area contributed by atoms with Crippen molar-refractivity contribution in [3.8, 4) is 11.5 Å². The number of hydrogen-bond donors (Lipinski definition) is 1. The fourth-order valence-electron chi connectivity index (χ4n) is 2.82. The number of aryl methyl sites for hydroxylation is 1. The quantitative estimate of drug-likeness (QED) is 0.507. The molecular formula is C21H23ClN4O3S. The molecule has 2 aromatic carbocycles. The minimum atomic E-state index is -0.325. The molecule has 0 spiro atoms. The summed E-state index contributed by atoms with van der Waals surface area (Å²) in [5.74, 6) is 2.14. The summed E-state index contributed by atoms with van der Waals surface area (Å²) >= 11 is 7.26. The number of amides is 1. The Labute approximate surface area is 184 Å². The SMILES string of the molecule is COc1cccc(OC(C)c2nnc(SCC(=O)Nc3ccc(Cl)cc3C)n2C)c1. The zero-order valence-electron chi connectivity index (χ0n) is 17.2. The number of ether oxygens (including phenoxy) is 2. The van der Waals surface area contributed by atoms with Crippen LogP contribution in [0.1, 0.15) is 24.4 Å². The molecule has 1 heterocycles. The van der Waals surface area contributed by atoms with Crippen LogP contribution in [0.25, 0.3) is 0 Å². The Morgan fingerprint density at radius 2 is 2.00 bits per heavy atom. The number of nitrogens with one attached hydrogen (secondary N) is 1. The first-order chi connectivity index (χ1) is 14.4. The van der Waals surface area contributed by atoms with Crippen molar-refractivity contribution in [2.75, 3.05) is 18.2 Å². The number of aromatic nitrogens is 3. The van der Waals surface area contributed by atoms with Gasteiger partial charge in [0, 0.05) is 23.8 Å². The second kappa shape index (κ2) is 9.86. The van der Waals surface area contributed by atoms with Gasteiger partial charge in [-0.05, 0) is 49.7 Å². The molecule has 1 amide bonds. The van der Waals surface area contributed by atoms with Crippen LogP contribution < -0.4 is 14.8 Å². The van der Waals surface area contributed by atoms with Crippen LogP contribution in [0.4, 0.5) is 5.69 Å². The van der Waals surface area contributed by atoms with Gasteiger partial charge in [0.2, 0.25) is 5.91 Å². The van der Waals surface area contributed by atoms with Gasteiger partial charge in [0.05, 0.1) is 12.9 Å². The van der Waals surface area contributed by atoms with E-state index < -0.39 is 0 Å². The second-order valence-corrected chi connectivity index (χ2v) is 8.01. The van der Waals surface area contributed by atoms with Gasteiger partial charge in [0.25, 0.3) is 0 Å². The number of rotatable bonds is 8. The van der Waals surface area contributed by atoms with Crippen LogP contribution in [0.15, 0.2) is 47.6 Å². The van der Waals surface area contributed by atoms with Gasteiger partial charge in [-0.2, -0.15) is 0 Å². The van der Waals surface area contributed by atoms with Crippen LogP contribution in [-0.4, -0.2) is 33.5 Å². The van der Waals surface area contributed by atoms with Crippen LogP contribution in [0.3, 0.4) is 0 Å². The smallest absolute Gasteiger partial charge is 0.234 e. The third kappa shape index (κ3) is 5.46. The highest BCUT2D eigenvalue weighted by Crippen LogP contribution is 2.26. The average Bonchev–Trinajstić information content (AvgIpc) is 3.09. The number of hydrogen-bond acceptors (Lipinski definition) is 6. The van der Waals surface area contributed by atoms with Crippen LogP contribution in [0, 0.1) is 6.92 Å². The molecule has 0 saturated heterocycles. The van der Waals surface area contributed by atoms with Crippen molar-refractivity contribution in [3.63, 3.8) is 0 Å². The summed E-state index contributed by atoms with van der Waals surface area (Å²) in [6.07, 6.45) is -0.325. The van der Waals surface area contributed by atoms with Gasteiger partial charge in [-0.25, -0.2) is 0 Å². The lowest BCUT2D eigenvalue weighted by molar-refractivity contribution is -0.113. The largest absolute Gasteiger partial charge is 0.497 e. The van der Waals surface area contributed by atoms with Gasteiger partial charge in [-0.1, -0.05) is 29.4 Å². The Hall–Kier alpha value is -2.71. The van der Waals surface area contributed by atoms with Crippen LogP contribution in [-0.2, 0) is 11.8 Å². The number of nitrogens with zero attached hydrogens (tertiary/aromatic N) is 3. The molecule has 1 N–H and O–H groups in total. The Bertz CT molecular complexity index is 1040. The predicted molar refractivity (Wildman–Crippen MR) is 119 cm³/mol. The van der Waals surface area contributed by atoms with Crippen molar-refractivity contribution in [2.45, 2.75) is 25.1 Å². The maximum atomic E-state index is 12.3. The van der Waals surface area contributed by atoms with E-state index in [0.29, 0.717) is 21.8 Å². The van der Waals surface area contributed by atoms with E-state index in [-0.39, 0.29) is 17.8 Å². The summed E-state index contributed by atoms with van der Waals surface area (Å²) < 4.78 is 13.0. The molecule has 3 rings (SSSR count). The zero-order valence-corrected chi connectivity index (χ0v) is 18.8. The summed E-state index contributed by atoms with van der Waals surface area (Å²) in [4.78, 5) is 12.3. The molecule has 9 heteroatoms. The molecule has 0 fully saturated rings. The molecule has 0 aliphatic carbocycles. The van der Waals surface area contributed by atoms with Crippen LogP contribution >= 0.6 is 23.4 Å². The van der Waals surface area contributed by atoms with Crippen molar-refractivity contribution in [1.29, 1.82) is 0 Å². The number of halogens is 1. The molecule has 1 unspecified atom stereocenters. The number of methoxy groups -OCH3 is 1. The molecule has 0 saturated carbocycles. The van der Waals surface area contributed by atoms with E-state index in [1.54, 1.807) is 19.2 Å². The molecule has 0 aliphatic rings. The fraction of sp³-hybridized carbons (Fsp3) is 0.286. The van der Waals surface area contributed by atoms with E-state index in [9.17, 15) is 4.79 Å². The summed E-state index contributed by atoms with van der Waals surface area (Å²) in [6.45, 7) is 3.79. The maximum absolute atomic E-state index is 12.3. The van der Waals surface area contributed by atoms with Crippen LogP contribution in [0.2, 0.25) is 5.02 Å². The van der Waals surface area contributed by atoms with Crippen LogP contribution in [0.5, 0.6) is 11.5 Å². The maximum Gasteiger partial charge on any atom is 0.234 e. The lowest BCUT2D eigenvalue weighted by Crippen LogP contribution is -2.15. The topological polar surface area (TPSA) is 78.3 Å². The van der Waals surface area contributed by atoms with E-state index in [1.165, 1.54) is 11.8 Å². The van der Waals surface area contributed by atoms with Gasteiger partial charge in [-0.3, -0.25) is 4.79 Å². The first-order valence-electron chi connectivity index (χ1n) is 9.26. The normalized spacial score (nSPS) is 11.8. The number of carbonyl (C=O) groups is 1. The lowest BCUT2D eigenvalue weighted by atomic mass is 10.2. The van der Waals surface area contributed by atoms with Gasteiger partial charge in [0.15, 0.2) is 17.1 Å². The second-order valence-electron chi connectivity index (χ2n) is 6.63. The predicted octanol–water partition coefficient (Wildman–Crippen LogP) is 4.66. The highest BCUT2D eigenvalue weighted by atomic mass is 35.5. The third-order valence-electron chi connectivity index (χ3n) is 4.38. The van der Waals surface area contributed by atoms with Crippen molar-refractivity contribution in [1.82, 2.24) is 14.8 Å². The molecular weight excluding hydrogens is 424 g/mol. The molecule has 1 aromatic heterocycles. The molecule has 0 radical (unpaired) electrons. The Kier molecular flexibility index (Phi) is 7.23. The Morgan fingerprint density at radius 3 is 2.73 bits per heavy atom. The lowest BCUT2D eigenvalue weighted by Gasteiger charge is -2.15. The number of carbonyl (C=O) groups excluding carboxylic acids is 1. The Balaban J connectivity index is 1.59. The molecule has 158 valence electrons. The number of anilines is 1. The first-order valence-corrected chi connectivity index (χ1v) is 10.6. The van der Waals surface area contributed by atoms with Gasteiger partial charge in [0.1, 0.15) is 11.5 Å². The standard InChI is InChI=1S/C21H23ClN4O3S/c1-13-10-15(22)8-9-18(13)23-19(27)12-30-21-25-24-20(26(21)3)14(2)29-17-7-5-6-16(11-17)28-4/h5-11,14H,12H2,1-4H3,(H,23,27). The molecule has 0 bridgehead atoms. The summed E-state index contributed by atoms with van der Waals surface area (Å²) in [7, 11) is 3.46. The number of thioether (sulfide) groups is 1. The highest BCUT2D eigenvalue weighted by Gasteiger charge is 2.18. The molecule has 30 heavy (non-hydrogen) atoms. The van der Waals surface area contributed by atoms with Gasteiger partial charge in [-0.15, -0.1) is 10.2 Å². The van der Waals surface area contributed by atoms with Crippen molar-refractivity contribution >= 4 is 35.0 Å². The van der Waals surface area contributed by atoms with E-state index in [0.717, 1.165) is 17.0 Å². The van der Waals surface area contributed by atoms with Crippen molar-refractivity contribution in [2.24, 2.45) is 7.05 Å². The monoisotopic (exact) mass is 446 g/mol. The summed E-state index contributed by atoms with van der Waals surface area (Å²) in [5.41, 5.74) is 1.65. The Morgan fingerprint density at radius 1 is 1.23 bits per heavy atom. The van der Waals surface area contributed by atoms with E-state index in [2.05, 4.69) is 15.5 Å². The van der Waals surface area contributed by atoms with Crippen molar-refractivity contribution in [3.05, 3.63) is 58.9 Å². The first kappa shape index (κ1) is 22.0. The fourth-order valence-corrected chi connectivity index (χ4v) is 3.77. The zero-order chi connectivity index (χ0) is 21.7. The summed E-state index contributed by atoms with van der Waals surface area (Å²) in [6, 6.07) is 12.7. The molecule has 7 nitrogen and oxygen atoms in total. The average molecular weight is 447 g/mol. The molecule has 3 aromatic rings. The summed E-state index contributed by atoms with van der Waals surface area (Å²) in [5, 5.41) is 12.6. The third-order valence-corrected chi connectivity index (χ3v) is 5.64. The van der Waals surface area contributed by atoms with Gasteiger partial charge >= 0.3 is 0 Å². The van der Waals surface area contributed by atoms with E-state index in [1.807, 2.05) is 55.8 Å². The van der Waals surface area contributed by atoms with E-state index >= 15 is 0 Å². The highest BCUT2D eigenvalue weighted by molar-refractivity contribution is 7.99. The number of benzene rings is 2.